The maximum absolute atomic E-state index is 11.3. The highest BCUT2D eigenvalue weighted by molar-refractivity contribution is 5.95. The molecule has 0 atom stereocenters. The molecule has 0 saturated carbocycles. The minimum absolute atomic E-state index is 0.00276. The molecule has 0 aliphatic carbocycles. The van der Waals surface area contributed by atoms with Crippen LogP contribution in [0.25, 0.3) is 11.3 Å². The van der Waals surface area contributed by atoms with Crippen molar-refractivity contribution >= 4 is 23.5 Å². The number of carbonyl (C=O) groups excluding carboxylic acids is 1. The molecule has 3 rings (SSSR count). The molecule has 2 amide bonds. The van der Waals surface area contributed by atoms with Crippen LogP contribution in [0, 0.1) is 0 Å². The molecule has 8 nitrogen and oxygen atoms in total. The van der Waals surface area contributed by atoms with E-state index in [1.54, 1.807) is 19.2 Å². The van der Waals surface area contributed by atoms with Gasteiger partial charge in [0.15, 0.2) is 5.82 Å². The molecule has 8 heteroatoms. The lowest BCUT2D eigenvalue weighted by Crippen LogP contribution is -2.18. The summed E-state index contributed by atoms with van der Waals surface area (Å²) >= 11 is 0. The zero-order valence-corrected chi connectivity index (χ0v) is 11.3. The van der Waals surface area contributed by atoms with Crippen molar-refractivity contribution in [2.75, 3.05) is 10.6 Å². The molecule has 0 fully saturated rings. The molecule has 108 valence electrons. The van der Waals surface area contributed by atoms with Gasteiger partial charge in [-0.15, -0.1) is 5.10 Å². The smallest absolute Gasteiger partial charge is 0.410 e. The lowest BCUT2D eigenvalue weighted by Gasteiger charge is -2.17. The van der Waals surface area contributed by atoms with Crippen molar-refractivity contribution in [1.29, 1.82) is 0 Å². The van der Waals surface area contributed by atoms with E-state index in [1.165, 1.54) is 4.68 Å². The Balaban J connectivity index is 2.02. The standard InChI is InChI=1S/C13H13N5O3/c1-18-12(15-13(20)21)11(16-17-18)8-2-4-9-7(6-8)3-5-10(19)14-9/h2,4,6,15H,3,5H2,1H3,(H,14,19)(H,20,21). The third-order valence-electron chi connectivity index (χ3n) is 3.33. The second-order valence-electron chi connectivity index (χ2n) is 4.76. The van der Waals surface area contributed by atoms with Gasteiger partial charge in [-0.3, -0.25) is 10.1 Å². The molecule has 0 spiro atoms. The number of carbonyl (C=O) groups is 2. The van der Waals surface area contributed by atoms with Crippen LogP contribution in [0.3, 0.4) is 0 Å². The van der Waals surface area contributed by atoms with Gasteiger partial charge < -0.3 is 10.4 Å². The van der Waals surface area contributed by atoms with Gasteiger partial charge >= 0.3 is 6.09 Å². The van der Waals surface area contributed by atoms with Crippen molar-refractivity contribution in [3.05, 3.63) is 23.8 Å². The molecule has 0 bridgehead atoms. The molecule has 1 aromatic carbocycles. The van der Waals surface area contributed by atoms with E-state index in [2.05, 4.69) is 20.9 Å². The van der Waals surface area contributed by atoms with E-state index in [0.29, 0.717) is 24.4 Å². The monoisotopic (exact) mass is 287 g/mol. The number of amides is 2. The third-order valence-corrected chi connectivity index (χ3v) is 3.33. The van der Waals surface area contributed by atoms with Gasteiger partial charge in [0, 0.05) is 24.7 Å². The minimum Gasteiger partial charge on any atom is -0.465 e. The number of fused-ring (bicyclic) bond motifs is 1. The number of carboxylic acid groups (broad SMARTS) is 1. The number of benzene rings is 1. The van der Waals surface area contributed by atoms with E-state index < -0.39 is 6.09 Å². The average Bonchev–Trinajstić information content (AvgIpc) is 2.79. The van der Waals surface area contributed by atoms with E-state index in [4.69, 9.17) is 5.11 Å². The Kier molecular flexibility index (Phi) is 3.05. The van der Waals surface area contributed by atoms with Gasteiger partial charge in [-0.2, -0.15) is 0 Å². The van der Waals surface area contributed by atoms with E-state index in [-0.39, 0.29) is 5.91 Å². The quantitative estimate of drug-likeness (QED) is 0.774. The summed E-state index contributed by atoms with van der Waals surface area (Å²) in [6.07, 6.45) is -0.0828. The maximum Gasteiger partial charge on any atom is 0.410 e. The fraction of sp³-hybridized carbons (Fsp3) is 0.231. The molecule has 3 N–H and O–H groups in total. The molecule has 0 unspecified atom stereocenters. The number of anilines is 2. The third kappa shape index (κ3) is 2.42. The lowest BCUT2D eigenvalue weighted by atomic mass is 9.99. The van der Waals surface area contributed by atoms with Crippen molar-refractivity contribution in [3.63, 3.8) is 0 Å². The van der Waals surface area contributed by atoms with Crippen molar-refractivity contribution in [3.8, 4) is 11.3 Å². The van der Waals surface area contributed by atoms with Crippen LogP contribution in [-0.4, -0.2) is 32.1 Å². The predicted octanol–water partition coefficient (Wildman–Crippen LogP) is 1.46. The molecule has 21 heavy (non-hydrogen) atoms. The van der Waals surface area contributed by atoms with Crippen LogP contribution in [0.15, 0.2) is 18.2 Å². The Labute approximate surface area is 119 Å². The highest BCUT2D eigenvalue weighted by atomic mass is 16.4. The van der Waals surface area contributed by atoms with Crippen molar-refractivity contribution in [2.45, 2.75) is 12.8 Å². The van der Waals surface area contributed by atoms with Crippen molar-refractivity contribution < 1.29 is 14.7 Å². The molecular weight excluding hydrogens is 274 g/mol. The van der Waals surface area contributed by atoms with Crippen LogP contribution in [0.2, 0.25) is 0 Å². The minimum atomic E-state index is -1.17. The van der Waals surface area contributed by atoms with Crippen LogP contribution in [0.1, 0.15) is 12.0 Å². The fourth-order valence-electron chi connectivity index (χ4n) is 2.32. The van der Waals surface area contributed by atoms with Gasteiger partial charge in [-0.1, -0.05) is 11.3 Å². The van der Waals surface area contributed by atoms with Crippen LogP contribution in [0.5, 0.6) is 0 Å². The zero-order valence-electron chi connectivity index (χ0n) is 11.3. The molecule has 1 aliphatic heterocycles. The second-order valence-corrected chi connectivity index (χ2v) is 4.76. The van der Waals surface area contributed by atoms with E-state index in [1.807, 2.05) is 6.07 Å². The van der Waals surface area contributed by atoms with Gasteiger partial charge in [0.05, 0.1) is 0 Å². The summed E-state index contributed by atoms with van der Waals surface area (Å²) in [6, 6.07) is 5.47. The number of rotatable bonds is 2. The van der Waals surface area contributed by atoms with E-state index >= 15 is 0 Å². The first-order chi connectivity index (χ1) is 10.0. The Morgan fingerprint density at radius 3 is 3.00 bits per heavy atom. The maximum atomic E-state index is 11.3. The highest BCUT2D eigenvalue weighted by Crippen LogP contribution is 2.31. The molecular formula is C13H13N5O3. The summed E-state index contributed by atoms with van der Waals surface area (Å²) in [4.78, 5) is 22.2. The van der Waals surface area contributed by atoms with Crippen LogP contribution >= 0.6 is 0 Å². The summed E-state index contributed by atoms with van der Waals surface area (Å²) in [5.74, 6) is 0.310. The first kappa shape index (κ1) is 13.1. The number of aromatic nitrogens is 3. The largest absolute Gasteiger partial charge is 0.465 e. The summed E-state index contributed by atoms with van der Waals surface area (Å²) in [5, 5.41) is 21.8. The van der Waals surface area contributed by atoms with Crippen LogP contribution in [0.4, 0.5) is 16.3 Å². The normalized spacial score (nSPS) is 13.5. The van der Waals surface area contributed by atoms with Gasteiger partial charge in [-0.25, -0.2) is 9.48 Å². The first-order valence-corrected chi connectivity index (χ1v) is 6.37. The summed E-state index contributed by atoms with van der Waals surface area (Å²) in [7, 11) is 1.61. The van der Waals surface area contributed by atoms with Gasteiger partial charge in [0.1, 0.15) is 5.69 Å². The Morgan fingerprint density at radius 1 is 1.43 bits per heavy atom. The second kappa shape index (κ2) is 4.89. The molecule has 1 aliphatic rings. The van der Waals surface area contributed by atoms with Gasteiger partial charge in [0.2, 0.25) is 5.91 Å². The summed E-state index contributed by atoms with van der Waals surface area (Å²) < 4.78 is 1.37. The number of aryl methyl sites for hydroxylation is 2. The molecule has 2 heterocycles. The Morgan fingerprint density at radius 2 is 2.24 bits per heavy atom. The highest BCUT2D eigenvalue weighted by Gasteiger charge is 2.19. The lowest BCUT2D eigenvalue weighted by molar-refractivity contribution is -0.116. The molecule has 0 saturated heterocycles. The number of hydrogen-bond donors (Lipinski definition) is 3. The molecule has 1 aromatic heterocycles. The van der Waals surface area contributed by atoms with E-state index in [9.17, 15) is 9.59 Å². The van der Waals surface area contributed by atoms with Gasteiger partial charge in [0.25, 0.3) is 0 Å². The SMILES string of the molecule is Cn1nnc(-c2ccc3c(c2)CCC(=O)N3)c1NC(=O)O. The number of nitrogens with zero attached hydrogens (tertiary/aromatic N) is 3. The summed E-state index contributed by atoms with van der Waals surface area (Å²) in [6.45, 7) is 0. The zero-order chi connectivity index (χ0) is 15.0. The van der Waals surface area contributed by atoms with Crippen LogP contribution < -0.4 is 10.6 Å². The predicted molar refractivity (Wildman–Crippen MR) is 75.0 cm³/mol. The fourth-order valence-corrected chi connectivity index (χ4v) is 2.32. The van der Waals surface area contributed by atoms with E-state index in [0.717, 1.165) is 16.8 Å². The molecule has 2 aromatic rings. The first-order valence-electron chi connectivity index (χ1n) is 6.37. The summed E-state index contributed by atoms with van der Waals surface area (Å²) in [5.41, 5.74) is 2.99. The van der Waals surface area contributed by atoms with Crippen LogP contribution in [-0.2, 0) is 18.3 Å². The van der Waals surface area contributed by atoms with Crippen molar-refractivity contribution in [1.82, 2.24) is 15.0 Å². The molecule has 0 radical (unpaired) electrons. The Hall–Kier alpha value is -2.90. The van der Waals surface area contributed by atoms with Crippen molar-refractivity contribution in [2.24, 2.45) is 7.05 Å². The number of nitrogens with one attached hydrogen (secondary N) is 2. The average molecular weight is 287 g/mol. The topological polar surface area (TPSA) is 109 Å². The van der Waals surface area contributed by atoms with Gasteiger partial charge in [-0.05, 0) is 24.1 Å². The Bertz CT molecular complexity index is 737. The number of hydrogen-bond acceptors (Lipinski definition) is 4.